The Kier molecular flexibility index (Phi) is 6.12. The van der Waals surface area contributed by atoms with Gasteiger partial charge in [-0.2, -0.15) is 0 Å². The zero-order valence-electron chi connectivity index (χ0n) is 19.4. The Labute approximate surface area is 192 Å². The van der Waals surface area contributed by atoms with E-state index in [2.05, 4.69) is 31.1 Å². The summed E-state index contributed by atoms with van der Waals surface area (Å²) in [5.41, 5.74) is 1.83. The number of hydrogen-bond acceptors (Lipinski definition) is 5. The van der Waals surface area contributed by atoms with Crippen molar-refractivity contribution >= 4 is 33.1 Å². The van der Waals surface area contributed by atoms with Gasteiger partial charge < -0.3 is 10.1 Å². The van der Waals surface area contributed by atoms with Crippen LogP contribution in [0.15, 0.2) is 35.4 Å². The highest BCUT2D eigenvalue weighted by molar-refractivity contribution is 7.18. The Morgan fingerprint density at radius 2 is 2.09 bits per heavy atom. The predicted molar refractivity (Wildman–Crippen MR) is 130 cm³/mol. The molecule has 0 saturated heterocycles. The van der Waals surface area contributed by atoms with E-state index in [1.165, 1.54) is 15.8 Å². The monoisotopic (exact) mass is 453 g/mol. The maximum Gasteiger partial charge on any atom is 0.263 e. The number of ether oxygens (including phenoxy) is 1. The number of carbonyl (C=O) groups excluding carboxylic acids is 1. The number of thiophene rings is 1. The summed E-state index contributed by atoms with van der Waals surface area (Å²) < 4.78 is 7.04. The SMILES string of the molecule is CCOc1ccccc1NC(=O)C(C)n1cnc2sc3c(c2c1=O)CCC(C(C)(C)C)C3. The van der Waals surface area contributed by atoms with Gasteiger partial charge in [-0.3, -0.25) is 14.2 Å². The quantitative estimate of drug-likeness (QED) is 0.576. The van der Waals surface area contributed by atoms with Crippen LogP contribution in [0, 0.1) is 11.3 Å². The van der Waals surface area contributed by atoms with E-state index in [0.29, 0.717) is 29.3 Å². The van der Waals surface area contributed by atoms with Crippen molar-refractivity contribution in [2.45, 2.75) is 59.9 Å². The van der Waals surface area contributed by atoms with E-state index in [1.54, 1.807) is 24.3 Å². The summed E-state index contributed by atoms with van der Waals surface area (Å²) in [5, 5.41) is 3.59. The third kappa shape index (κ3) is 4.18. The first-order chi connectivity index (χ1) is 15.2. The third-order valence-electron chi connectivity index (χ3n) is 6.46. The summed E-state index contributed by atoms with van der Waals surface area (Å²) in [6.45, 7) is 11.0. The molecule has 3 aromatic rings. The van der Waals surface area contributed by atoms with Crippen LogP contribution in [-0.4, -0.2) is 22.1 Å². The molecular weight excluding hydrogens is 422 g/mol. The molecule has 2 heterocycles. The van der Waals surface area contributed by atoms with E-state index < -0.39 is 6.04 Å². The molecule has 1 amide bonds. The normalized spacial score (nSPS) is 17.1. The molecule has 6 nitrogen and oxygen atoms in total. The van der Waals surface area contributed by atoms with Crippen LogP contribution in [0.5, 0.6) is 5.75 Å². The molecular formula is C25H31N3O3S. The number of hydrogen-bond donors (Lipinski definition) is 1. The highest BCUT2D eigenvalue weighted by Gasteiger charge is 2.32. The second-order valence-electron chi connectivity index (χ2n) is 9.54. The summed E-state index contributed by atoms with van der Waals surface area (Å²) in [6, 6.07) is 6.60. The van der Waals surface area contributed by atoms with E-state index in [0.717, 1.165) is 29.7 Å². The van der Waals surface area contributed by atoms with Crippen LogP contribution >= 0.6 is 11.3 Å². The second-order valence-corrected chi connectivity index (χ2v) is 10.6. The van der Waals surface area contributed by atoms with Crippen LogP contribution in [0.3, 0.4) is 0 Å². The summed E-state index contributed by atoms with van der Waals surface area (Å²) >= 11 is 1.63. The van der Waals surface area contributed by atoms with E-state index in [4.69, 9.17) is 4.74 Å². The molecule has 0 bridgehead atoms. The van der Waals surface area contributed by atoms with Gasteiger partial charge in [-0.15, -0.1) is 11.3 Å². The number of amides is 1. The van der Waals surface area contributed by atoms with Crippen LogP contribution in [-0.2, 0) is 17.6 Å². The molecule has 0 saturated carbocycles. The minimum Gasteiger partial charge on any atom is -0.492 e. The molecule has 0 radical (unpaired) electrons. The molecule has 1 aromatic carbocycles. The van der Waals surface area contributed by atoms with E-state index >= 15 is 0 Å². The molecule has 2 atom stereocenters. The van der Waals surface area contributed by atoms with Gasteiger partial charge in [-0.1, -0.05) is 32.9 Å². The minimum absolute atomic E-state index is 0.137. The molecule has 1 aliphatic carbocycles. The second kappa shape index (κ2) is 8.70. The van der Waals surface area contributed by atoms with Crippen molar-refractivity contribution in [2.24, 2.45) is 11.3 Å². The Bertz CT molecular complexity index is 1210. The molecule has 4 rings (SSSR count). The van der Waals surface area contributed by atoms with Gasteiger partial charge >= 0.3 is 0 Å². The topological polar surface area (TPSA) is 73.2 Å². The lowest BCUT2D eigenvalue weighted by Gasteiger charge is -2.33. The summed E-state index contributed by atoms with van der Waals surface area (Å²) in [5.74, 6) is 0.925. The Hall–Kier alpha value is -2.67. The fraction of sp³-hybridized carbons (Fsp3) is 0.480. The van der Waals surface area contributed by atoms with Gasteiger partial charge in [-0.05, 0) is 62.1 Å². The van der Waals surface area contributed by atoms with Gasteiger partial charge in [0, 0.05) is 4.88 Å². The van der Waals surface area contributed by atoms with Gasteiger partial charge in [-0.25, -0.2) is 4.98 Å². The van der Waals surface area contributed by atoms with Crippen LogP contribution < -0.4 is 15.6 Å². The fourth-order valence-electron chi connectivity index (χ4n) is 4.41. The number of nitrogens with zero attached hydrogens (tertiary/aromatic N) is 2. The lowest BCUT2D eigenvalue weighted by atomic mass is 9.72. The molecule has 32 heavy (non-hydrogen) atoms. The lowest BCUT2D eigenvalue weighted by molar-refractivity contribution is -0.118. The van der Waals surface area contributed by atoms with E-state index in [-0.39, 0.29) is 16.9 Å². The first-order valence-electron chi connectivity index (χ1n) is 11.2. The Morgan fingerprint density at radius 3 is 2.81 bits per heavy atom. The largest absolute Gasteiger partial charge is 0.492 e. The van der Waals surface area contributed by atoms with Gasteiger partial charge in [0.2, 0.25) is 5.91 Å². The molecule has 1 N–H and O–H groups in total. The highest BCUT2D eigenvalue weighted by Crippen LogP contribution is 2.42. The van der Waals surface area contributed by atoms with Gasteiger partial charge in [0.15, 0.2) is 0 Å². The van der Waals surface area contributed by atoms with Crippen molar-refractivity contribution in [3.63, 3.8) is 0 Å². The number of para-hydroxylation sites is 2. The fourth-order valence-corrected chi connectivity index (χ4v) is 5.67. The number of nitrogens with one attached hydrogen (secondary N) is 1. The smallest absolute Gasteiger partial charge is 0.263 e. The first kappa shape index (κ1) is 22.5. The summed E-state index contributed by atoms with van der Waals surface area (Å²) in [7, 11) is 0. The number of benzene rings is 1. The minimum atomic E-state index is -0.699. The molecule has 170 valence electrons. The van der Waals surface area contributed by atoms with Gasteiger partial charge in [0.25, 0.3) is 5.56 Å². The predicted octanol–water partition coefficient (Wildman–Crippen LogP) is 5.21. The summed E-state index contributed by atoms with van der Waals surface area (Å²) in [6.07, 6.45) is 4.46. The van der Waals surface area contributed by atoms with Crippen molar-refractivity contribution < 1.29 is 9.53 Å². The number of anilines is 1. The maximum atomic E-state index is 13.4. The van der Waals surface area contributed by atoms with Gasteiger partial charge in [0.05, 0.1) is 24.0 Å². The first-order valence-corrected chi connectivity index (χ1v) is 12.1. The molecule has 2 aromatic heterocycles. The lowest BCUT2D eigenvalue weighted by Crippen LogP contribution is -2.32. The average Bonchev–Trinajstić information content (AvgIpc) is 3.13. The highest BCUT2D eigenvalue weighted by atomic mass is 32.1. The van der Waals surface area contributed by atoms with Crippen molar-refractivity contribution in [3.8, 4) is 5.75 Å². The Balaban J connectivity index is 1.63. The zero-order chi connectivity index (χ0) is 23.0. The van der Waals surface area contributed by atoms with Crippen molar-refractivity contribution in [1.82, 2.24) is 9.55 Å². The van der Waals surface area contributed by atoms with Crippen molar-refractivity contribution in [1.29, 1.82) is 0 Å². The number of aromatic nitrogens is 2. The van der Waals surface area contributed by atoms with Gasteiger partial charge in [0.1, 0.15) is 16.6 Å². The van der Waals surface area contributed by atoms with Crippen molar-refractivity contribution in [2.75, 3.05) is 11.9 Å². The van der Waals surface area contributed by atoms with E-state index in [1.807, 2.05) is 25.1 Å². The molecule has 0 fully saturated rings. The molecule has 0 spiro atoms. The van der Waals surface area contributed by atoms with Crippen LogP contribution in [0.2, 0.25) is 0 Å². The maximum absolute atomic E-state index is 13.4. The molecule has 1 aliphatic rings. The average molecular weight is 454 g/mol. The number of carbonyl (C=O) groups is 1. The number of rotatable bonds is 5. The molecule has 7 heteroatoms. The van der Waals surface area contributed by atoms with Crippen LogP contribution in [0.1, 0.15) is 57.5 Å². The summed E-state index contributed by atoms with van der Waals surface area (Å²) in [4.78, 5) is 33.0. The zero-order valence-corrected chi connectivity index (χ0v) is 20.2. The Morgan fingerprint density at radius 1 is 1.34 bits per heavy atom. The molecule has 0 aliphatic heterocycles. The molecule has 2 unspecified atom stereocenters. The van der Waals surface area contributed by atoms with Crippen LogP contribution in [0.4, 0.5) is 5.69 Å². The van der Waals surface area contributed by atoms with E-state index in [9.17, 15) is 9.59 Å². The number of aryl methyl sites for hydroxylation is 1. The van der Waals surface area contributed by atoms with Crippen LogP contribution in [0.25, 0.3) is 10.2 Å². The number of fused-ring (bicyclic) bond motifs is 3. The third-order valence-corrected chi connectivity index (χ3v) is 7.62. The van der Waals surface area contributed by atoms with Crippen molar-refractivity contribution in [3.05, 3.63) is 51.4 Å². The standard InChI is InChI=1S/C25H31N3O3S/c1-6-31-19-10-8-7-9-18(19)27-22(29)15(2)28-14-26-23-21(24(28)30)17-12-11-16(25(3,4)5)13-20(17)32-23/h7-10,14-16H,6,11-13H2,1-5H3,(H,27,29).